The Labute approximate surface area is 389 Å². The number of benzene rings is 7. The SMILES string of the molecule is c1ccc2ncc(-c3cc(-c4cc(-c5cc(-c6cnc7ccccc7c6)cc(-c6cnc7ccccc7c6)c5)nc(-c5nc6ccccc6s5)c4)cc(-c4cnc5ccccc5c4)c3)cc2c1. The predicted molar refractivity (Wildman–Crippen MR) is 277 cm³/mol. The van der Waals surface area contributed by atoms with E-state index in [4.69, 9.17) is 29.9 Å². The molecule has 13 rings (SSSR count). The molecule has 0 aliphatic carbocycles. The lowest BCUT2D eigenvalue weighted by Gasteiger charge is -2.15. The van der Waals surface area contributed by atoms with Crippen LogP contribution in [0.3, 0.4) is 0 Å². The average Bonchev–Trinajstić information content (AvgIpc) is 3.85. The third-order valence-corrected chi connectivity index (χ3v) is 13.6. The van der Waals surface area contributed by atoms with Gasteiger partial charge in [0.1, 0.15) is 10.7 Å². The van der Waals surface area contributed by atoms with Crippen LogP contribution in [0, 0.1) is 0 Å². The average molecular weight is 873 g/mol. The van der Waals surface area contributed by atoms with Gasteiger partial charge in [0.2, 0.25) is 0 Å². The first-order chi connectivity index (χ1) is 33.1. The highest BCUT2D eigenvalue weighted by molar-refractivity contribution is 7.21. The van der Waals surface area contributed by atoms with Crippen molar-refractivity contribution in [2.75, 3.05) is 0 Å². The van der Waals surface area contributed by atoms with Crippen LogP contribution in [0.25, 0.3) is 131 Å². The molecule has 0 unspecified atom stereocenters. The lowest BCUT2D eigenvalue weighted by atomic mass is 9.92. The zero-order valence-corrected chi connectivity index (χ0v) is 36.7. The van der Waals surface area contributed by atoms with Crippen molar-refractivity contribution in [2.24, 2.45) is 0 Å². The van der Waals surface area contributed by atoms with Crippen molar-refractivity contribution in [3.05, 3.63) is 219 Å². The number of nitrogens with zero attached hydrogens (tertiary/aromatic N) is 6. The first-order valence-corrected chi connectivity index (χ1v) is 23.0. The summed E-state index contributed by atoms with van der Waals surface area (Å²) < 4.78 is 1.11. The quantitative estimate of drug-likeness (QED) is 0.159. The molecule has 0 bridgehead atoms. The van der Waals surface area contributed by atoms with Gasteiger partial charge >= 0.3 is 0 Å². The summed E-state index contributed by atoms with van der Waals surface area (Å²) in [6, 6.07) is 68.1. The second kappa shape index (κ2) is 16.0. The summed E-state index contributed by atoms with van der Waals surface area (Å²) in [4.78, 5) is 30.2. The third kappa shape index (κ3) is 7.34. The normalized spacial score (nSPS) is 11.6. The van der Waals surface area contributed by atoms with Crippen LogP contribution in [0.5, 0.6) is 0 Å². The molecule has 0 atom stereocenters. The molecule has 6 aromatic heterocycles. The molecule has 312 valence electrons. The van der Waals surface area contributed by atoms with Crippen LogP contribution in [0.2, 0.25) is 0 Å². The predicted octanol–water partition coefficient (Wildman–Crippen LogP) is 15.6. The van der Waals surface area contributed by atoms with E-state index in [9.17, 15) is 0 Å². The molecule has 0 N–H and O–H groups in total. The van der Waals surface area contributed by atoms with Crippen molar-refractivity contribution in [2.45, 2.75) is 0 Å². The molecule has 0 saturated carbocycles. The van der Waals surface area contributed by atoms with E-state index in [-0.39, 0.29) is 0 Å². The lowest BCUT2D eigenvalue weighted by Crippen LogP contribution is -1.94. The molecule has 6 heterocycles. The smallest absolute Gasteiger partial charge is 0.143 e. The summed E-state index contributed by atoms with van der Waals surface area (Å²) in [5.41, 5.74) is 17.7. The molecule has 0 radical (unpaired) electrons. The van der Waals surface area contributed by atoms with Gasteiger partial charge in [-0.1, -0.05) is 84.9 Å². The highest BCUT2D eigenvalue weighted by atomic mass is 32.1. The molecule has 7 aromatic carbocycles. The van der Waals surface area contributed by atoms with E-state index >= 15 is 0 Å². The largest absolute Gasteiger partial charge is 0.256 e. The number of rotatable bonds is 7. The molecule has 0 fully saturated rings. The number of fused-ring (bicyclic) bond motifs is 5. The molecule has 0 amide bonds. The van der Waals surface area contributed by atoms with Gasteiger partial charge in [-0.2, -0.15) is 0 Å². The molecular formula is C60H36N6S. The second-order valence-electron chi connectivity index (χ2n) is 16.9. The van der Waals surface area contributed by atoms with Crippen LogP contribution in [-0.4, -0.2) is 29.9 Å². The number of thiazole rings is 1. The molecule has 67 heavy (non-hydrogen) atoms. The van der Waals surface area contributed by atoms with Crippen molar-refractivity contribution in [3.63, 3.8) is 0 Å². The summed E-state index contributed by atoms with van der Waals surface area (Å²) in [6.45, 7) is 0. The molecule has 13 aromatic rings. The molecule has 0 aliphatic rings. The number of aromatic nitrogens is 6. The minimum absolute atomic E-state index is 0.798. The first-order valence-electron chi connectivity index (χ1n) is 22.2. The van der Waals surface area contributed by atoms with E-state index in [0.717, 1.165) is 131 Å². The van der Waals surface area contributed by atoms with Gasteiger partial charge in [-0.05, 0) is 143 Å². The van der Waals surface area contributed by atoms with Gasteiger partial charge in [0.15, 0.2) is 0 Å². The van der Waals surface area contributed by atoms with Crippen LogP contribution in [0.1, 0.15) is 0 Å². The third-order valence-electron chi connectivity index (χ3n) is 12.5. The maximum Gasteiger partial charge on any atom is 0.143 e. The number of hydrogen-bond donors (Lipinski definition) is 0. The zero-order valence-electron chi connectivity index (χ0n) is 35.9. The van der Waals surface area contributed by atoms with Gasteiger partial charge in [-0.3, -0.25) is 19.9 Å². The summed E-state index contributed by atoms with van der Waals surface area (Å²) in [7, 11) is 0. The fourth-order valence-electron chi connectivity index (χ4n) is 9.09. The molecule has 6 nitrogen and oxygen atoms in total. The van der Waals surface area contributed by atoms with Gasteiger partial charge < -0.3 is 0 Å². The lowest BCUT2D eigenvalue weighted by molar-refractivity contribution is 1.30. The van der Waals surface area contributed by atoms with Crippen molar-refractivity contribution in [1.82, 2.24) is 29.9 Å². The van der Waals surface area contributed by atoms with Gasteiger partial charge in [0, 0.05) is 74.1 Å². The maximum atomic E-state index is 5.49. The van der Waals surface area contributed by atoms with Crippen LogP contribution in [0.15, 0.2) is 219 Å². The van der Waals surface area contributed by atoms with Crippen LogP contribution in [0.4, 0.5) is 0 Å². The number of pyridine rings is 5. The van der Waals surface area contributed by atoms with Crippen LogP contribution >= 0.6 is 11.3 Å². The van der Waals surface area contributed by atoms with Crippen molar-refractivity contribution < 1.29 is 0 Å². The maximum absolute atomic E-state index is 5.49. The van der Waals surface area contributed by atoms with Crippen molar-refractivity contribution in [3.8, 4) is 77.6 Å². The van der Waals surface area contributed by atoms with Crippen LogP contribution < -0.4 is 0 Å². The highest BCUT2D eigenvalue weighted by Crippen LogP contribution is 2.40. The zero-order chi connectivity index (χ0) is 44.3. The van der Waals surface area contributed by atoms with E-state index in [0.29, 0.717) is 0 Å². The van der Waals surface area contributed by atoms with E-state index in [1.165, 1.54) is 0 Å². The minimum atomic E-state index is 0.798. The van der Waals surface area contributed by atoms with E-state index in [2.05, 4.69) is 152 Å². The van der Waals surface area contributed by atoms with Gasteiger partial charge in [0.25, 0.3) is 0 Å². The van der Waals surface area contributed by atoms with Crippen molar-refractivity contribution in [1.29, 1.82) is 0 Å². The molecule has 0 aliphatic heterocycles. The summed E-state index contributed by atoms with van der Waals surface area (Å²) >= 11 is 1.66. The second-order valence-corrected chi connectivity index (χ2v) is 17.9. The first kappa shape index (κ1) is 38.7. The Kier molecular flexibility index (Phi) is 9.25. The summed E-state index contributed by atoms with van der Waals surface area (Å²) in [6.07, 6.45) is 7.89. The fraction of sp³-hybridized carbons (Fsp3) is 0. The summed E-state index contributed by atoms with van der Waals surface area (Å²) in [5.74, 6) is 0. The minimum Gasteiger partial charge on any atom is -0.256 e. The topological polar surface area (TPSA) is 77.3 Å². The van der Waals surface area contributed by atoms with Crippen molar-refractivity contribution >= 4 is 65.2 Å². The molecule has 0 saturated heterocycles. The highest BCUT2D eigenvalue weighted by Gasteiger charge is 2.18. The van der Waals surface area contributed by atoms with E-state index in [1.807, 2.05) is 67.3 Å². The van der Waals surface area contributed by atoms with Gasteiger partial charge in [0.05, 0.1) is 38.0 Å². The number of para-hydroxylation sites is 5. The molecule has 0 spiro atoms. The Balaban J connectivity index is 1.05. The number of hydrogen-bond acceptors (Lipinski definition) is 7. The van der Waals surface area contributed by atoms with E-state index in [1.54, 1.807) is 11.3 Å². The van der Waals surface area contributed by atoms with Gasteiger partial charge in [-0.25, -0.2) is 9.97 Å². The fourth-order valence-corrected chi connectivity index (χ4v) is 10.0. The Hall–Kier alpha value is -8.78. The standard InChI is InChI=1S/C60H36N6S/c1-5-15-52-37(11-1)21-48(33-61-52)42-25-41(26-43(27-42)49-22-38-12-2-6-16-53(38)62-34-49)46-31-57(65-58(32-46)60-66-56-19-9-10-20-59(56)67-60)47-29-44(50-23-39-13-3-7-17-54(39)63-35-50)28-45(30-47)51-24-40-14-4-8-18-55(40)64-36-51/h1-36H. The van der Waals surface area contributed by atoms with Gasteiger partial charge in [-0.15, -0.1) is 11.3 Å². The Morgan fingerprint density at radius 2 is 0.582 bits per heavy atom. The summed E-state index contributed by atoms with van der Waals surface area (Å²) in [5, 5.41) is 5.19. The Morgan fingerprint density at radius 1 is 0.254 bits per heavy atom. The Bertz CT molecular complexity index is 3630. The molecular weight excluding hydrogens is 837 g/mol. The Morgan fingerprint density at radius 3 is 1.00 bits per heavy atom. The van der Waals surface area contributed by atoms with E-state index < -0.39 is 0 Å². The van der Waals surface area contributed by atoms with Crippen LogP contribution in [-0.2, 0) is 0 Å². The molecule has 7 heteroatoms. The monoisotopic (exact) mass is 872 g/mol.